The average Bonchev–Trinajstić information content (AvgIpc) is 3.18. The Morgan fingerprint density at radius 2 is 1.65 bits per heavy atom. The van der Waals surface area contributed by atoms with Gasteiger partial charge in [-0.15, -0.1) is 0 Å². The van der Waals surface area contributed by atoms with Gasteiger partial charge in [0, 0.05) is 33.4 Å². The van der Waals surface area contributed by atoms with Gasteiger partial charge in [0.25, 0.3) is 0 Å². The van der Waals surface area contributed by atoms with Crippen molar-refractivity contribution in [2.45, 2.75) is 52.0 Å². The van der Waals surface area contributed by atoms with Gasteiger partial charge in [-0.05, 0) is 49.4 Å². The number of fused-ring (bicyclic) bond motifs is 2. The minimum Gasteiger partial charge on any atom is -0.468 e. The lowest BCUT2D eigenvalue weighted by atomic mass is 9.88. The van der Waals surface area contributed by atoms with E-state index in [0.29, 0.717) is 0 Å². The third-order valence-electron chi connectivity index (χ3n) is 5.24. The predicted octanol–water partition coefficient (Wildman–Crippen LogP) is 6.66. The quantitative estimate of drug-likeness (QED) is 0.406. The molecule has 2 heteroatoms. The average molecular weight is 345 g/mol. The Morgan fingerprint density at radius 3 is 2.42 bits per heavy atom. The van der Waals surface area contributed by atoms with Gasteiger partial charge >= 0.3 is 0 Å². The molecule has 26 heavy (non-hydrogen) atoms. The smallest absolute Gasteiger partial charge is 0.116 e. The molecule has 2 heterocycles. The first kappa shape index (κ1) is 17.0. The van der Waals surface area contributed by atoms with Crippen LogP contribution in [0.5, 0.6) is 0 Å². The standard InChI is InChI=1S/C24H27NO/c1-23(2,3)22-20-14-17(10-11-19(20)16-26-22)15-24(4,5)25-13-12-18-8-6-7-9-21(18)25/h6-14,16H,15H2,1-5H3. The number of hydrogen-bond donors (Lipinski definition) is 0. The third-order valence-corrected chi connectivity index (χ3v) is 5.24. The summed E-state index contributed by atoms with van der Waals surface area (Å²) in [6.07, 6.45) is 5.06. The summed E-state index contributed by atoms with van der Waals surface area (Å²) in [5, 5.41) is 3.71. The summed E-state index contributed by atoms with van der Waals surface area (Å²) in [7, 11) is 0. The van der Waals surface area contributed by atoms with E-state index in [4.69, 9.17) is 4.42 Å². The molecule has 0 spiro atoms. The van der Waals surface area contributed by atoms with E-state index in [1.165, 1.54) is 27.2 Å². The van der Waals surface area contributed by atoms with Crippen LogP contribution in [0.2, 0.25) is 0 Å². The van der Waals surface area contributed by atoms with Gasteiger partial charge < -0.3 is 8.98 Å². The van der Waals surface area contributed by atoms with Gasteiger partial charge in [-0.25, -0.2) is 0 Å². The summed E-state index contributed by atoms with van der Waals surface area (Å²) in [4.78, 5) is 0. The molecule has 0 aliphatic carbocycles. The Balaban J connectivity index is 1.74. The summed E-state index contributed by atoms with van der Waals surface area (Å²) in [6, 6.07) is 17.5. The summed E-state index contributed by atoms with van der Waals surface area (Å²) in [5.41, 5.74) is 2.62. The van der Waals surface area contributed by atoms with Crippen LogP contribution in [-0.4, -0.2) is 4.57 Å². The van der Waals surface area contributed by atoms with Crippen LogP contribution >= 0.6 is 0 Å². The lowest BCUT2D eigenvalue weighted by Gasteiger charge is -2.28. The maximum Gasteiger partial charge on any atom is 0.116 e. The van der Waals surface area contributed by atoms with E-state index in [1.807, 2.05) is 6.26 Å². The number of aromatic nitrogens is 1. The minimum atomic E-state index is -0.0115. The fraction of sp³-hybridized carbons (Fsp3) is 0.333. The highest BCUT2D eigenvalue weighted by Gasteiger charge is 2.24. The molecule has 134 valence electrons. The zero-order valence-electron chi connectivity index (χ0n) is 16.3. The molecule has 4 rings (SSSR count). The van der Waals surface area contributed by atoms with Gasteiger partial charge in [0.15, 0.2) is 0 Å². The number of hydrogen-bond acceptors (Lipinski definition) is 1. The van der Waals surface area contributed by atoms with E-state index >= 15 is 0 Å². The molecule has 0 fully saturated rings. The molecule has 2 nitrogen and oxygen atoms in total. The number of para-hydroxylation sites is 1. The van der Waals surface area contributed by atoms with E-state index in [-0.39, 0.29) is 11.0 Å². The fourth-order valence-corrected chi connectivity index (χ4v) is 3.98. The van der Waals surface area contributed by atoms with Crippen LogP contribution < -0.4 is 0 Å². The van der Waals surface area contributed by atoms with Crippen LogP contribution in [0.4, 0.5) is 0 Å². The van der Waals surface area contributed by atoms with Crippen molar-refractivity contribution in [2.75, 3.05) is 0 Å². The molecule has 0 bridgehead atoms. The molecule has 2 aromatic carbocycles. The summed E-state index contributed by atoms with van der Waals surface area (Å²) >= 11 is 0. The molecule has 0 radical (unpaired) electrons. The van der Waals surface area contributed by atoms with E-state index in [2.05, 4.69) is 93.9 Å². The van der Waals surface area contributed by atoms with E-state index in [0.717, 1.165) is 12.2 Å². The molecule has 4 aromatic rings. The highest BCUT2D eigenvalue weighted by atomic mass is 16.3. The van der Waals surface area contributed by atoms with Gasteiger partial charge in [0.2, 0.25) is 0 Å². The fourth-order valence-electron chi connectivity index (χ4n) is 3.98. The molecule has 0 unspecified atom stereocenters. The first-order chi connectivity index (χ1) is 12.3. The van der Waals surface area contributed by atoms with Crippen LogP contribution in [0.15, 0.2) is 65.4 Å². The topological polar surface area (TPSA) is 18.1 Å². The molecule has 2 aromatic heterocycles. The Kier molecular flexibility index (Phi) is 3.76. The van der Waals surface area contributed by atoms with E-state index in [9.17, 15) is 0 Å². The maximum absolute atomic E-state index is 5.89. The molecule has 0 N–H and O–H groups in total. The van der Waals surface area contributed by atoms with Gasteiger partial charge in [-0.3, -0.25) is 0 Å². The molecule has 0 amide bonds. The molecule has 0 saturated heterocycles. The lowest BCUT2D eigenvalue weighted by molar-refractivity contribution is 0.365. The molecule has 0 atom stereocenters. The van der Waals surface area contributed by atoms with Crippen LogP contribution in [0, 0.1) is 0 Å². The Morgan fingerprint density at radius 1 is 0.885 bits per heavy atom. The Bertz CT molecular complexity index is 1070. The number of nitrogens with zero attached hydrogens (tertiary/aromatic N) is 1. The normalized spacial score (nSPS) is 13.0. The molecule has 0 aliphatic heterocycles. The van der Waals surface area contributed by atoms with Crippen LogP contribution in [0.3, 0.4) is 0 Å². The van der Waals surface area contributed by atoms with Crippen molar-refractivity contribution >= 4 is 21.7 Å². The van der Waals surface area contributed by atoms with Crippen molar-refractivity contribution in [2.24, 2.45) is 0 Å². The van der Waals surface area contributed by atoms with Gasteiger partial charge in [0.1, 0.15) is 5.76 Å². The van der Waals surface area contributed by atoms with Crippen molar-refractivity contribution in [3.63, 3.8) is 0 Å². The van der Waals surface area contributed by atoms with Gasteiger partial charge in [0.05, 0.1) is 6.26 Å². The Labute approximate surface area is 155 Å². The number of rotatable bonds is 3. The van der Waals surface area contributed by atoms with Crippen molar-refractivity contribution in [3.05, 3.63) is 72.3 Å². The zero-order valence-corrected chi connectivity index (χ0v) is 16.3. The first-order valence-corrected chi connectivity index (χ1v) is 9.33. The number of furan rings is 1. The lowest BCUT2D eigenvalue weighted by Crippen LogP contribution is -2.28. The van der Waals surface area contributed by atoms with Gasteiger partial charge in [-0.1, -0.05) is 51.1 Å². The summed E-state index contributed by atoms with van der Waals surface area (Å²) < 4.78 is 8.28. The van der Waals surface area contributed by atoms with Crippen molar-refractivity contribution in [3.8, 4) is 0 Å². The Hall–Kier alpha value is -2.48. The van der Waals surface area contributed by atoms with Crippen molar-refractivity contribution in [1.82, 2.24) is 4.57 Å². The zero-order chi connectivity index (χ0) is 18.5. The second-order valence-corrected chi connectivity index (χ2v) is 8.97. The molecule has 0 aliphatic rings. The van der Waals surface area contributed by atoms with Gasteiger partial charge in [-0.2, -0.15) is 0 Å². The van der Waals surface area contributed by atoms with Crippen LogP contribution in [-0.2, 0) is 17.4 Å². The van der Waals surface area contributed by atoms with Crippen molar-refractivity contribution < 1.29 is 4.42 Å². The highest BCUT2D eigenvalue weighted by Crippen LogP contribution is 2.34. The largest absolute Gasteiger partial charge is 0.468 e. The second kappa shape index (κ2) is 5.77. The summed E-state index contributed by atoms with van der Waals surface area (Å²) in [6.45, 7) is 11.2. The molecule has 0 saturated carbocycles. The van der Waals surface area contributed by atoms with E-state index < -0.39 is 0 Å². The second-order valence-electron chi connectivity index (χ2n) is 8.97. The predicted molar refractivity (Wildman–Crippen MR) is 110 cm³/mol. The maximum atomic E-state index is 5.89. The summed E-state index contributed by atoms with van der Waals surface area (Å²) in [5.74, 6) is 1.07. The third kappa shape index (κ3) is 2.84. The highest BCUT2D eigenvalue weighted by molar-refractivity contribution is 5.85. The monoisotopic (exact) mass is 345 g/mol. The van der Waals surface area contributed by atoms with E-state index in [1.54, 1.807) is 0 Å². The van der Waals surface area contributed by atoms with Crippen LogP contribution in [0.25, 0.3) is 21.7 Å². The first-order valence-electron chi connectivity index (χ1n) is 9.33. The molecular weight excluding hydrogens is 318 g/mol. The number of benzene rings is 2. The minimum absolute atomic E-state index is 0.00647. The van der Waals surface area contributed by atoms with Crippen LogP contribution in [0.1, 0.15) is 45.9 Å². The molecular formula is C24H27NO. The SMILES string of the molecule is CC(C)(C)c1occ2ccc(CC(C)(C)n3ccc4ccccc43)cc12. The van der Waals surface area contributed by atoms with Crippen molar-refractivity contribution in [1.29, 1.82) is 0 Å².